The molecule has 0 bridgehead atoms. The van der Waals surface area contributed by atoms with Gasteiger partial charge in [-0.15, -0.1) is 0 Å². The number of hydrogen-bond donors (Lipinski definition) is 2. The maximum absolute atomic E-state index is 11.1. The van der Waals surface area contributed by atoms with Crippen LogP contribution in [0.5, 0.6) is 0 Å². The Morgan fingerprint density at radius 1 is 1.40 bits per heavy atom. The zero-order chi connectivity index (χ0) is 11.1. The van der Waals surface area contributed by atoms with Gasteiger partial charge in [-0.3, -0.25) is 14.8 Å². The molecule has 0 aromatic heterocycles. The molecule has 1 aromatic carbocycles. The quantitative estimate of drug-likeness (QED) is 0.536. The highest BCUT2D eigenvalue weighted by Crippen LogP contribution is 2.25. The molecular weight excluding hydrogens is 222 g/mol. The van der Waals surface area contributed by atoms with Gasteiger partial charge >= 0.3 is 0 Å². The number of rotatable bonds is 1. The van der Waals surface area contributed by atoms with Crippen molar-refractivity contribution in [3.8, 4) is 0 Å². The van der Waals surface area contributed by atoms with Crippen LogP contribution in [0.15, 0.2) is 18.2 Å². The third-order valence-electron chi connectivity index (χ3n) is 2.00. The molecular formula is C7H7N3O4S. The minimum Gasteiger partial charge on any atom is -0.270 e. The van der Waals surface area contributed by atoms with E-state index in [9.17, 15) is 18.5 Å². The topological polar surface area (TPSA) is 101 Å². The lowest BCUT2D eigenvalue weighted by molar-refractivity contribution is -0.384. The van der Waals surface area contributed by atoms with Crippen LogP contribution in [0, 0.1) is 10.1 Å². The van der Waals surface area contributed by atoms with E-state index in [4.69, 9.17) is 0 Å². The molecule has 7 nitrogen and oxygen atoms in total. The van der Waals surface area contributed by atoms with Crippen molar-refractivity contribution < 1.29 is 13.3 Å². The first-order chi connectivity index (χ1) is 6.98. The summed E-state index contributed by atoms with van der Waals surface area (Å²) in [7, 11) is -3.56. The number of anilines is 1. The molecule has 0 fully saturated rings. The van der Waals surface area contributed by atoms with Crippen molar-refractivity contribution in [1.82, 2.24) is 4.72 Å². The SMILES string of the molecule is O=[N+]([O-])c1ccc2c(c1)NS(=O)(=O)NC2. The summed E-state index contributed by atoms with van der Waals surface area (Å²) in [6.07, 6.45) is 0. The van der Waals surface area contributed by atoms with Crippen LogP contribution in [0.25, 0.3) is 0 Å². The Balaban J connectivity index is 2.48. The second kappa shape index (κ2) is 3.17. The summed E-state index contributed by atoms with van der Waals surface area (Å²) in [5.74, 6) is 0. The van der Waals surface area contributed by atoms with Crippen molar-refractivity contribution in [2.75, 3.05) is 4.72 Å². The molecule has 1 heterocycles. The van der Waals surface area contributed by atoms with E-state index in [2.05, 4.69) is 9.44 Å². The van der Waals surface area contributed by atoms with Crippen LogP contribution in [0.4, 0.5) is 11.4 Å². The number of nitrogens with zero attached hydrogens (tertiary/aromatic N) is 1. The number of nitro benzene ring substituents is 1. The standard InChI is InChI=1S/C7H7N3O4S/c11-10(12)6-2-1-5-4-8-15(13,14)9-7(5)3-6/h1-3,8-9H,4H2. The Kier molecular flexibility index (Phi) is 2.09. The van der Waals surface area contributed by atoms with Crippen molar-refractivity contribution in [1.29, 1.82) is 0 Å². The molecule has 2 N–H and O–H groups in total. The van der Waals surface area contributed by atoms with E-state index < -0.39 is 15.1 Å². The summed E-state index contributed by atoms with van der Waals surface area (Å²) in [6, 6.07) is 4.05. The monoisotopic (exact) mass is 229 g/mol. The van der Waals surface area contributed by atoms with E-state index in [1.165, 1.54) is 18.2 Å². The first-order valence-corrected chi connectivity index (χ1v) is 5.51. The Bertz CT molecular complexity index is 525. The molecule has 8 heteroatoms. The van der Waals surface area contributed by atoms with Crippen LogP contribution in [-0.2, 0) is 16.8 Å². The summed E-state index contributed by atoms with van der Waals surface area (Å²) in [6.45, 7) is 0.142. The molecule has 0 aliphatic carbocycles. The van der Waals surface area contributed by atoms with Gasteiger partial charge in [0.2, 0.25) is 0 Å². The lowest BCUT2D eigenvalue weighted by Crippen LogP contribution is -2.34. The van der Waals surface area contributed by atoms with Gasteiger partial charge in [0.15, 0.2) is 0 Å². The van der Waals surface area contributed by atoms with Gasteiger partial charge in [-0.2, -0.15) is 13.1 Å². The molecule has 80 valence electrons. The third kappa shape index (κ3) is 1.90. The van der Waals surface area contributed by atoms with E-state index in [0.717, 1.165) is 0 Å². The molecule has 2 rings (SSSR count). The fourth-order valence-corrected chi connectivity index (χ4v) is 2.18. The Hall–Kier alpha value is -1.67. The molecule has 0 spiro atoms. The molecule has 0 saturated carbocycles. The number of benzene rings is 1. The fourth-order valence-electron chi connectivity index (χ4n) is 1.28. The summed E-state index contributed by atoms with van der Waals surface area (Å²) >= 11 is 0. The number of nitro groups is 1. The molecule has 1 aliphatic heterocycles. The van der Waals surface area contributed by atoms with Crippen LogP contribution in [0.2, 0.25) is 0 Å². The molecule has 0 radical (unpaired) electrons. The summed E-state index contributed by atoms with van der Waals surface area (Å²) in [5.41, 5.74) is 0.789. The Labute approximate surface area is 85.4 Å². The van der Waals surface area contributed by atoms with Crippen molar-refractivity contribution in [3.05, 3.63) is 33.9 Å². The van der Waals surface area contributed by atoms with Crippen molar-refractivity contribution >= 4 is 21.6 Å². The summed E-state index contributed by atoms with van der Waals surface area (Å²) in [4.78, 5) is 9.89. The zero-order valence-corrected chi connectivity index (χ0v) is 8.24. The zero-order valence-electron chi connectivity index (χ0n) is 7.43. The highest BCUT2D eigenvalue weighted by Gasteiger charge is 2.21. The predicted octanol–water partition coefficient (Wildman–Crippen LogP) is 0.355. The lowest BCUT2D eigenvalue weighted by atomic mass is 10.1. The summed E-state index contributed by atoms with van der Waals surface area (Å²) in [5, 5.41) is 10.5. The van der Waals surface area contributed by atoms with Gasteiger partial charge in [0.05, 0.1) is 10.6 Å². The third-order valence-corrected chi connectivity index (χ3v) is 3.01. The minimum absolute atomic E-state index is 0.140. The normalized spacial score (nSPS) is 17.6. The van der Waals surface area contributed by atoms with Crippen molar-refractivity contribution in [2.45, 2.75) is 6.54 Å². The van der Waals surface area contributed by atoms with Gasteiger partial charge in [0.25, 0.3) is 15.9 Å². The number of hydrogen-bond acceptors (Lipinski definition) is 4. The average Bonchev–Trinajstić information content (AvgIpc) is 2.15. The van der Waals surface area contributed by atoms with E-state index in [1.54, 1.807) is 0 Å². The summed E-state index contributed by atoms with van der Waals surface area (Å²) < 4.78 is 26.6. The number of fused-ring (bicyclic) bond motifs is 1. The highest BCUT2D eigenvalue weighted by molar-refractivity contribution is 7.90. The second-order valence-corrected chi connectivity index (χ2v) is 4.52. The van der Waals surface area contributed by atoms with Gasteiger partial charge in [-0.25, -0.2) is 0 Å². The fraction of sp³-hybridized carbons (Fsp3) is 0.143. The van der Waals surface area contributed by atoms with Gasteiger partial charge in [-0.1, -0.05) is 0 Å². The van der Waals surface area contributed by atoms with Gasteiger partial charge in [0, 0.05) is 18.7 Å². The lowest BCUT2D eigenvalue weighted by Gasteiger charge is -2.18. The van der Waals surface area contributed by atoms with Crippen LogP contribution < -0.4 is 9.44 Å². The van der Waals surface area contributed by atoms with Crippen LogP contribution in [0.1, 0.15) is 5.56 Å². The number of nitrogens with one attached hydrogen (secondary N) is 2. The highest BCUT2D eigenvalue weighted by atomic mass is 32.2. The molecule has 1 aliphatic rings. The molecule has 0 unspecified atom stereocenters. The molecule has 15 heavy (non-hydrogen) atoms. The maximum atomic E-state index is 11.1. The van der Waals surface area contributed by atoms with Crippen molar-refractivity contribution in [3.63, 3.8) is 0 Å². The molecule has 1 aromatic rings. The van der Waals surface area contributed by atoms with Crippen LogP contribution in [0.3, 0.4) is 0 Å². The molecule has 0 amide bonds. The van der Waals surface area contributed by atoms with E-state index in [0.29, 0.717) is 5.56 Å². The predicted molar refractivity (Wildman–Crippen MR) is 52.5 cm³/mol. The van der Waals surface area contributed by atoms with E-state index >= 15 is 0 Å². The van der Waals surface area contributed by atoms with Gasteiger partial charge in [0.1, 0.15) is 0 Å². The second-order valence-electron chi connectivity index (χ2n) is 3.03. The average molecular weight is 229 g/mol. The van der Waals surface area contributed by atoms with E-state index in [1.807, 2.05) is 0 Å². The van der Waals surface area contributed by atoms with E-state index in [-0.39, 0.29) is 17.9 Å². The first kappa shape index (κ1) is 9.87. The molecule has 0 saturated heterocycles. The maximum Gasteiger partial charge on any atom is 0.299 e. The largest absolute Gasteiger partial charge is 0.299 e. The smallest absolute Gasteiger partial charge is 0.270 e. The molecule has 0 atom stereocenters. The Morgan fingerprint density at radius 2 is 2.13 bits per heavy atom. The Morgan fingerprint density at radius 3 is 2.80 bits per heavy atom. The van der Waals surface area contributed by atoms with Gasteiger partial charge < -0.3 is 0 Å². The number of non-ortho nitro benzene ring substituents is 1. The first-order valence-electron chi connectivity index (χ1n) is 4.03. The van der Waals surface area contributed by atoms with Crippen LogP contribution in [-0.4, -0.2) is 13.3 Å². The van der Waals surface area contributed by atoms with Crippen molar-refractivity contribution in [2.24, 2.45) is 0 Å². The van der Waals surface area contributed by atoms with Crippen LogP contribution >= 0.6 is 0 Å². The van der Waals surface area contributed by atoms with Gasteiger partial charge in [-0.05, 0) is 11.6 Å². The minimum atomic E-state index is -3.56.